The first-order valence-electron chi connectivity index (χ1n) is 6.71. The van der Waals surface area contributed by atoms with Crippen LogP contribution < -0.4 is 18.9 Å². The van der Waals surface area contributed by atoms with E-state index in [0.29, 0.717) is 17.2 Å². The first kappa shape index (κ1) is 15.7. The summed E-state index contributed by atoms with van der Waals surface area (Å²) in [5, 5.41) is 0. The summed E-state index contributed by atoms with van der Waals surface area (Å²) in [7, 11) is 4.68. The van der Waals surface area contributed by atoms with Crippen molar-refractivity contribution in [2.24, 2.45) is 0 Å². The summed E-state index contributed by atoms with van der Waals surface area (Å²) in [6, 6.07) is 12.2. The molecule has 0 amide bonds. The molecule has 5 nitrogen and oxygen atoms in total. The number of benzene rings is 2. The second-order valence-corrected chi connectivity index (χ2v) is 4.55. The fraction of sp³-hybridized carbons (Fsp3) is 0.235. The van der Waals surface area contributed by atoms with Gasteiger partial charge in [-0.2, -0.15) is 0 Å². The molecule has 0 saturated heterocycles. The molecule has 22 heavy (non-hydrogen) atoms. The van der Waals surface area contributed by atoms with Crippen LogP contribution in [0.3, 0.4) is 0 Å². The summed E-state index contributed by atoms with van der Waals surface area (Å²) >= 11 is 0. The summed E-state index contributed by atoms with van der Waals surface area (Å²) in [5.41, 5.74) is 0.848. The fourth-order valence-electron chi connectivity index (χ4n) is 1.92. The molecule has 0 bridgehead atoms. The van der Waals surface area contributed by atoms with Gasteiger partial charge in [0, 0.05) is 18.2 Å². The van der Waals surface area contributed by atoms with E-state index < -0.39 is 0 Å². The number of ether oxygens (including phenoxy) is 4. The molecule has 0 aliphatic heterocycles. The van der Waals surface area contributed by atoms with E-state index in [0.717, 1.165) is 11.3 Å². The highest BCUT2D eigenvalue weighted by molar-refractivity contribution is 5.75. The van der Waals surface area contributed by atoms with Crippen molar-refractivity contribution in [2.75, 3.05) is 21.3 Å². The molecular formula is C17H18O5. The van der Waals surface area contributed by atoms with Crippen molar-refractivity contribution in [3.05, 3.63) is 48.0 Å². The molecule has 0 aliphatic rings. The minimum absolute atomic E-state index is 0.170. The van der Waals surface area contributed by atoms with E-state index in [1.54, 1.807) is 37.4 Å². The van der Waals surface area contributed by atoms with Crippen molar-refractivity contribution >= 4 is 5.97 Å². The average molecular weight is 302 g/mol. The third-order valence-corrected chi connectivity index (χ3v) is 3.06. The van der Waals surface area contributed by atoms with Crippen LogP contribution in [-0.4, -0.2) is 27.3 Å². The van der Waals surface area contributed by atoms with Gasteiger partial charge in [-0.25, -0.2) is 0 Å². The van der Waals surface area contributed by atoms with Gasteiger partial charge >= 0.3 is 5.97 Å². The zero-order chi connectivity index (χ0) is 15.9. The molecule has 116 valence electrons. The van der Waals surface area contributed by atoms with Crippen LogP contribution in [0.25, 0.3) is 0 Å². The van der Waals surface area contributed by atoms with E-state index >= 15 is 0 Å². The first-order valence-corrected chi connectivity index (χ1v) is 6.71. The first-order chi connectivity index (χ1) is 10.6. The smallest absolute Gasteiger partial charge is 0.315 e. The maximum atomic E-state index is 12.0. The number of carbonyl (C=O) groups excluding carboxylic acids is 1. The standard InChI is InChI=1S/C17H18O5/c1-19-13-6-4-12(5-7-13)8-17(18)22-16-10-14(20-2)9-15(11-16)21-3/h4-7,9-11H,8H2,1-3H3. The maximum Gasteiger partial charge on any atom is 0.315 e. The second-order valence-electron chi connectivity index (χ2n) is 4.55. The Hall–Kier alpha value is -2.69. The molecule has 0 aromatic heterocycles. The summed E-state index contributed by atoms with van der Waals surface area (Å²) in [6.07, 6.45) is 0.170. The number of methoxy groups -OCH3 is 3. The fourth-order valence-corrected chi connectivity index (χ4v) is 1.92. The van der Waals surface area contributed by atoms with Gasteiger partial charge in [0.25, 0.3) is 0 Å². The van der Waals surface area contributed by atoms with Crippen LogP contribution in [0.4, 0.5) is 0 Å². The van der Waals surface area contributed by atoms with Crippen LogP contribution >= 0.6 is 0 Å². The Balaban J connectivity index is 2.04. The van der Waals surface area contributed by atoms with Crippen molar-refractivity contribution in [2.45, 2.75) is 6.42 Å². The minimum Gasteiger partial charge on any atom is -0.497 e. The van der Waals surface area contributed by atoms with Gasteiger partial charge in [0.05, 0.1) is 27.8 Å². The highest BCUT2D eigenvalue weighted by Gasteiger charge is 2.09. The van der Waals surface area contributed by atoms with Gasteiger partial charge in [0.15, 0.2) is 0 Å². The van der Waals surface area contributed by atoms with Crippen molar-refractivity contribution < 1.29 is 23.7 Å². The Morgan fingerprint density at radius 2 is 1.27 bits per heavy atom. The van der Waals surface area contributed by atoms with Crippen LogP contribution in [0.5, 0.6) is 23.0 Å². The third kappa shape index (κ3) is 4.15. The van der Waals surface area contributed by atoms with E-state index in [9.17, 15) is 4.79 Å². The lowest BCUT2D eigenvalue weighted by atomic mass is 10.1. The Kier molecular flexibility index (Phi) is 5.25. The predicted octanol–water partition coefficient (Wildman–Crippen LogP) is 2.86. The van der Waals surface area contributed by atoms with Crippen LogP contribution in [0.15, 0.2) is 42.5 Å². The summed E-state index contributed by atoms with van der Waals surface area (Å²) in [5.74, 6) is 1.89. The minimum atomic E-state index is -0.361. The van der Waals surface area contributed by atoms with E-state index in [2.05, 4.69) is 0 Å². The molecule has 0 heterocycles. The number of esters is 1. The molecule has 0 atom stereocenters. The SMILES string of the molecule is COc1ccc(CC(=O)Oc2cc(OC)cc(OC)c2)cc1. The average Bonchev–Trinajstić information content (AvgIpc) is 2.55. The summed E-state index contributed by atoms with van der Waals surface area (Å²) in [4.78, 5) is 12.0. The molecule has 2 rings (SSSR count). The topological polar surface area (TPSA) is 54.0 Å². The quantitative estimate of drug-likeness (QED) is 0.606. The predicted molar refractivity (Wildman–Crippen MR) is 81.9 cm³/mol. The zero-order valence-corrected chi connectivity index (χ0v) is 12.8. The third-order valence-electron chi connectivity index (χ3n) is 3.06. The molecule has 0 aliphatic carbocycles. The summed E-state index contributed by atoms with van der Waals surface area (Å²) in [6.45, 7) is 0. The second kappa shape index (κ2) is 7.36. The summed E-state index contributed by atoms with van der Waals surface area (Å²) < 4.78 is 20.7. The van der Waals surface area contributed by atoms with Crippen molar-refractivity contribution in [3.8, 4) is 23.0 Å². The van der Waals surface area contributed by atoms with Crippen molar-refractivity contribution in [1.82, 2.24) is 0 Å². The van der Waals surface area contributed by atoms with Crippen molar-refractivity contribution in [1.29, 1.82) is 0 Å². The van der Waals surface area contributed by atoms with E-state index in [-0.39, 0.29) is 12.4 Å². The molecule has 2 aromatic rings. The zero-order valence-electron chi connectivity index (χ0n) is 12.8. The van der Waals surface area contributed by atoms with Crippen molar-refractivity contribution in [3.63, 3.8) is 0 Å². The largest absolute Gasteiger partial charge is 0.497 e. The van der Waals surface area contributed by atoms with Crippen LogP contribution in [0, 0.1) is 0 Å². The highest BCUT2D eigenvalue weighted by Crippen LogP contribution is 2.27. The van der Waals surface area contributed by atoms with Crippen LogP contribution in [-0.2, 0) is 11.2 Å². The van der Waals surface area contributed by atoms with Gasteiger partial charge in [-0.15, -0.1) is 0 Å². The molecule has 0 saturated carbocycles. The normalized spacial score (nSPS) is 9.95. The molecule has 5 heteroatoms. The lowest BCUT2D eigenvalue weighted by Crippen LogP contribution is -2.11. The van der Waals surface area contributed by atoms with Gasteiger partial charge in [0.2, 0.25) is 0 Å². The molecule has 0 unspecified atom stereocenters. The maximum absolute atomic E-state index is 12.0. The van der Waals surface area contributed by atoms with E-state index in [4.69, 9.17) is 18.9 Å². The van der Waals surface area contributed by atoms with E-state index in [1.165, 1.54) is 14.2 Å². The van der Waals surface area contributed by atoms with Gasteiger partial charge in [0.1, 0.15) is 23.0 Å². The van der Waals surface area contributed by atoms with Gasteiger partial charge in [-0.1, -0.05) is 12.1 Å². The Morgan fingerprint density at radius 1 is 0.773 bits per heavy atom. The van der Waals surface area contributed by atoms with Crippen LogP contribution in [0.1, 0.15) is 5.56 Å². The Bertz CT molecular complexity index is 612. The van der Waals surface area contributed by atoms with E-state index in [1.807, 2.05) is 12.1 Å². The number of carbonyl (C=O) groups is 1. The highest BCUT2D eigenvalue weighted by atomic mass is 16.5. The molecular weight excluding hydrogens is 284 g/mol. The van der Waals surface area contributed by atoms with Crippen LogP contribution in [0.2, 0.25) is 0 Å². The molecule has 0 spiro atoms. The lowest BCUT2D eigenvalue weighted by Gasteiger charge is -2.09. The molecule has 2 aromatic carbocycles. The van der Waals surface area contributed by atoms with Gasteiger partial charge in [-0.3, -0.25) is 4.79 Å². The Labute approximate surface area is 129 Å². The molecule has 0 N–H and O–H groups in total. The molecule has 0 radical (unpaired) electrons. The molecule has 0 fully saturated rings. The Morgan fingerprint density at radius 3 is 1.77 bits per heavy atom. The lowest BCUT2D eigenvalue weighted by molar-refractivity contribution is -0.133. The number of hydrogen-bond donors (Lipinski definition) is 0. The van der Waals surface area contributed by atoms with Gasteiger partial charge < -0.3 is 18.9 Å². The number of hydrogen-bond acceptors (Lipinski definition) is 5. The monoisotopic (exact) mass is 302 g/mol. The van der Waals surface area contributed by atoms with Gasteiger partial charge in [-0.05, 0) is 17.7 Å². The number of rotatable bonds is 6.